The number of nitrogens with one attached hydrogen (secondary N) is 1. The highest BCUT2D eigenvalue weighted by atomic mass is 79.9. The predicted molar refractivity (Wildman–Crippen MR) is 85.9 cm³/mol. The van der Waals surface area contributed by atoms with Crippen molar-refractivity contribution in [1.29, 1.82) is 0 Å². The Kier molecular flexibility index (Phi) is 3.34. The third kappa shape index (κ3) is 2.19. The molecule has 1 saturated heterocycles. The van der Waals surface area contributed by atoms with Gasteiger partial charge in [-0.1, -0.05) is 0 Å². The maximum Gasteiger partial charge on any atom is 0.172 e. The van der Waals surface area contributed by atoms with E-state index < -0.39 is 0 Å². The number of hydrogen-bond acceptors (Lipinski definition) is 5. The number of morpholine rings is 1. The molecule has 0 bridgehead atoms. The number of fused-ring (bicyclic) bond motifs is 1. The van der Waals surface area contributed by atoms with Crippen molar-refractivity contribution in [1.82, 2.24) is 24.8 Å². The average Bonchev–Trinajstić information content (AvgIpc) is 3.18. The molecule has 114 valence electrons. The van der Waals surface area contributed by atoms with Gasteiger partial charge in [0, 0.05) is 18.8 Å². The molecule has 1 aliphatic heterocycles. The molecule has 1 unspecified atom stereocenters. The number of rotatable bonds is 2. The first-order valence-corrected chi connectivity index (χ1v) is 7.92. The van der Waals surface area contributed by atoms with Crippen molar-refractivity contribution in [3.8, 4) is 11.4 Å². The summed E-state index contributed by atoms with van der Waals surface area (Å²) >= 11 is 3.52. The number of H-pyrrole nitrogens is 1. The van der Waals surface area contributed by atoms with Gasteiger partial charge < -0.3 is 9.64 Å². The molecule has 0 spiro atoms. The largest absolute Gasteiger partial charge is 0.377 e. The molecule has 3 aromatic heterocycles. The lowest BCUT2D eigenvalue weighted by Crippen LogP contribution is -2.44. The number of nitrogens with zero attached hydrogens (tertiary/aromatic N) is 5. The first kappa shape index (κ1) is 13.7. The van der Waals surface area contributed by atoms with Crippen LogP contribution in [0.1, 0.15) is 6.92 Å². The monoisotopic (exact) mass is 362 g/mol. The Bertz CT molecular complexity index is 799. The lowest BCUT2D eigenvalue weighted by Gasteiger charge is -2.34. The van der Waals surface area contributed by atoms with Crippen molar-refractivity contribution < 1.29 is 4.74 Å². The normalized spacial score (nSPS) is 19.0. The molecule has 4 rings (SSSR count). The van der Waals surface area contributed by atoms with E-state index in [0.717, 1.165) is 40.5 Å². The van der Waals surface area contributed by atoms with Gasteiger partial charge in [0.2, 0.25) is 0 Å². The zero-order valence-corrected chi connectivity index (χ0v) is 13.6. The highest BCUT2D eigenvalue weighted by Crippen LogP contribution is 2.28. The van der Waals surface area contributed by atoms with Gasteiger partial charge in [-0.25, -0.2) is 9.50 Å². The minimum Gasteiger partial charge on any atom is -0.377 e. The Hall–Kier alpha value is -1.93. The fourth-order valence-electron chi connectivity index (χ4n) is 2.73. The minimum absolute atomic E-state index is 0.292. The maximum absolute atomic E-state index is 5.52. The number of hydrogen-bond donors (Lipinski definition) is 1. The molecule has 8 heteroatoms. The molecule has 7 nitrogen and oxygen atoms in total. The molecule has 0 saturated carbocycles. The molecule has 1 fully saturated rings. The summed E-state index contributed by atoms with van der Waals surface area (Å²) in [5.74, 6) is 0.925. The lowest BCUT2D eigenvalue weighted by atomic mass is 10.2. The number of aromatic nitrogens is 5. The summed E-state index contributed by atoms with van der Waals surface area (Å²) < 4.78 is 8.20. The van der Waals surface area contributed by atoms with Gasteiger partial charge in [0.25, 0.3) is 0 Å². The van der Waals surface area contributed by atoms with Crippen LogP contribution in [0.5, 0.6) is 0 Å². The Labute approximate surface area is 135 Å². The summed E-state index contributed by atoms with van der Waals surface area (Å²) in [5.41, 5.74) is 2.63. The van der Waals surface area contributed by atoms with E-state index in [0.29, 0.717) is 12.6 Å². The molecule has 22 heavy (non-hydrogen) atoms. The van der Waals surface area contributed by atoms with E-state index in [4.69, 9.17) is 9.72 Å². The molecule has 1 N–H and O–H groups in total. The molecule has 4 heterocycles. The number of anilines is 1. The Morgan fingerprint density at radius 3 is 3.14 bits per heavy atom. The second kappa shape index (κ2) is 5.36. The van der Waals surface area contributed by atoms with Gasteiger partial charge in [-0.2, -0.15) is 10.2 Å². The SMILES string of the molecule is CC1COCCN1c1cc(-c2ccn[nH]2)n2ncc(Br)c2n1. The molecule has 1 aliphatic rings. The van der Waals surface area contributed by atoms with Gasteiger partial charge >= 0.3 is 0 Å². The third-order valence-electron chi connectivity index (χ3n) is 3.85. The van der Waals surface area contributed by atoms with E-state index in [9.17, 15) is 0 Å². The summed E-state index contributed by atoms with van der Waals surface area (Å²) in [6.45, 7) is 4.41. The van der Waals surface area contributed by atoms with Crippen LogP contribution in [0.4, 0.5) is 5.82 Å². The average molecular weight is 363 g/mol. The maximum atomic E-state index is 5.52. The molecule has 0 radical (unpaired) electrons. The first-order valence-electron chi connectivity index (χ1n) is 7.12. The molecule has 0 aliphatic carbocycles. The van der Waals surface area contributed by atoms with Crippen LogP contribution < -0.4 is 4.90 Å². The van der Waals surface area contributed by atoms with Crippen molar-refractivity contribution in [3.63, 3.8) is 0 Å². The summed E-state index contributed by atoms with van der Waals surface area (Å²) in [6.07, 6.45) is 3.49. The predicted octanol–water partition coefficient (Wildman–Crippen LogP) is 2.11. The van der Waals surface area contributed by atoms with Crippen LogP contribution in [0.2, 0.25) is 0 Å². The van der Waals surface area contributed by atoms with Crippen molar-refractivity contribution >= 4 is 27.4 Å². The highest BCUT2D eigenvalue weighted by molar-refractivity contribution is 9.10. The summed E-state index contributed by atoms with van der Waals surface area (Å²) in [6, 6.07) is 4.26. The van der Waals surface area contributed by atoms with Gasteiger partial charge in [-0.15, -0.1) is 0 Å². The second-order valence-corrected chi connectivity index (χ2v) is 6.17. The Morgan fingerprint density at radius 2 is 2.36 bits per heavy atom. The van der Waals surface area contributed by atoms with E-state index in [1.165, 1.54) is 0 Å². The van der Waals surface area contributed by atoms with Crippen LogP contribution in [0, 0.1) is 0 Å². The Balaban J connectivity index is 1.91. The van der Waals surface area contributed by atoms with Crippen molar-refractivity contribution in [2.45, 2.75) is 13.0 Å². The van der Waals surface area contributed by atoms with Crippen LogP contribution in [-0.4, -0.2) is 50.6 Å². The third-order valence-corrected chi connectivity index (χ3v) is 4.41. The van der Waals surface area contributed by atoms with Crippen LogP contribution in [0.15, 0.2) is 29.0 Å². The zero-order chi connectivity index (χ0) is 15.1. The Morgan fingerprint density at radius 1 is 1.45 bits per heavy atom. The number of aromatic amines is 1. The number of halogens is 1. The fourth-order valence-corrected chi connectivity index (χ4v) is 3.08. The topological polar surface area (TPSA) is 71.3 Å². The first-order chi connectivity index (χ1) is 10.7. The number of ether oxygens (including phenoxy) is 1. The van der Waals surface area contributed by atoms with Crippen LogP contribution >= 0.6 is 15.9 Å². The van der Waals surface area contributed by atoms with Gasteiger partial charge in [-0.3, -0.25) is 5.10 Å². The molecule has 0 aromatic carbocycles. The van der Waals surface area contributed by atoms with Crippen LogP contribution in [0.25, 0.3) is 17.0 Å². The summed E-state index contributed by atoms with van der Waals surface area (Å²) in [4.78, 5) is 7.04. The lowest BCUT2D eigenvalue weighted by molar-refractivity contribution is 0.0985. The van der Waals surface area contributed by atoms with Crippen molar-refractivity contribution in [3.05, 3.63) is 29.0 Å². The zero-order valence-electron chi connectivity index (χ0n) is 12.0. The van der Waals surface area contributed by atoms with Crippen molar-refractivity contribution in [2.24, 2.45) is 0 Å². The van der Waals surface area contributed by atoms with Gasteiger partial charge in [-0.05, 0) is 28.9 Å². The minimum atomic E-state index is 0.292. The summed E-state index contributed by atoms with van der Waals surface area (Å²) in [5, 5.41) is 11.4. The quantitative estimate of drug-likeness (QED) is 0.755. The van der Waals surface area contributed by atoms with E-state index in [-0.39, 0.29) is 0 Å². The van der Waals surface area contributed by atoms with E-state index in [1.807, 2.05) is 16.6 Å². The van der Waals surface area contributed by atoms with Gasteiger partial charge in [0.1, 0.15) is 5.82 Å². The van der Waals surface area contributed by atoms with Crippen molar-refractivity contribution in [2.75, 3.05) is 24.7 Å². The van der Waals surface area contributed by atoms with E-state index >= 15 is 0 Å². The van der Waals surface area contributed by atoms with E-state index in [2.05, 4.69) is 43.0 Å². The molecular weight excluding hydrogens is 348 g/mol. The fraction of sp³-hybridized carbons (Fsp3) is 0.357. The van der Waals surface area contributed by atoms with Gasteiger partial charge in [0.15, 0.2) is 5.65 Å². The summed E-state index contributed by atoms with van der Waals surface area (Å²) in [7, 11) is 0. The molecular formula is C14H15BrN6O. The van der Waals surface area contributed by atoms with Crippen LogP contribution in [-0.2, 0) is 4.74 Å². The molecule has 1 atom stereocenters. The molecule has 3 aromatic rings. The smallest absolute Gasteiger partial charge is 0.172 e. The molecule has 0 amide bonds. The van der Waals surface area contributed by atoms with E-state index in [1.54, 1.807) is 12.4 Å². The second-order valence-electron chi connectivity index (χ2n) is 5.32. The van der Waals surface area contributed by atoms with Crippen LogP contribution in [0.3, 0.4) is 0 Å². The standard InChI is InChI=1S/C14H15BrN6O/c1-9-8-22-5-4-20(9)13-6-12(11-2-3-16-19-11)21-14(18-13)10(15)7-17-21/h2-3,6-7,9H,4-5,8H2,1H3,(H,16,19). The highest BCUT2D eigenvalue weighted by Gasteiger charge is 2.22. The van der Waals surface area contributed by atoms with Gasteiger partial charge in [0.05, 0.1) is 41.3 Å².